The van der Waals surface area contributed by atoms with Gasteiger partial charge in [-0.2, -0.15) is 4.31 Å². The average molecular weight is 370 g/mol. The molecule has 0 bridgehead atoms. The third-order valence-electron chi connectivity index (χ3n) is 3.55. The van der Waals surface area contributed by atoms with Crippen LogP contribution in [0.5, 0.6) is 0 Å². The Morgan fingerprint density at radius 3 is 2.00 bits per heavy atom. The fourth-order valence-corrected chi connectivity index (χ4v) is 3.29. The molecule has 0 amide bonds. The normalized spacial score (nSPS) is 16.2. The first-order valence-corrected chi connectivity index (χ1v) is 9.18. The van der Waals surface area contributed by atoms with Crippen LogP contribution in [0.25, 0.3) is 6.08 Å². The standard InChI is InChI=1S/C14H20N2O2S.C2H2O4/c1-2-15-9-11-16(12-10-15)19(17,18)13-8-14-6-4-3-5-7-14;3-1(4)2(5)6/h3-8,13H,2,9-12H2,1H3;(H,3,4)(H,5,6)/b13-8+;. The van der Waals surface area contributed by atoms with E-state index in [4.69, 9.17) is 19.8 Å². The third kappa shape index (κ3) is 7.46. The molecule has 0 atom stereocenters. The van der Waals surface area contributed by atoms with Crippen molar-refractivity contribution in [3.05, 3.63) is 41.3 Å². The molecule has 9 heteroatoms. The summed E-state index contributed by atoms with van der Waals surface area (Å²) in [5.41, 5.74) is 0.901. The highest BCUT2D eigenvalue weighted by atomic mass is 32.2. The molecule has 138 valence electrons. The highest BCUT2D eigenvalue weighted by Gasteiger charge is 2.23. The van der Waals surface area contributed by atoms with Gasteiger partial charge < -0.3 is 15.1 Å². The molecule has 0 aromatic heterocycles. The monoisotopic (exact) mass is 370 g/mol. The maximum Gasteiger partial charge on any atom is 0.414 e. The predicted octanol–water partition coefficient (Wildman–Crippen LogP) is 0.780. The van der Waals surface area contributed by atoms with Crippen LogP contribution in [-0.4, -0.2) is 72.5 Å². The van der Waals surface area contributed by atoms with E-state index in [-0.39, 0.29) is 0 Å². The van der Waals surface area contributed by atoms with Crippen LogP contribution in [0.2, 0.25) is 0 Å². The number of hydrogen-bond acceptors (Lipinski definition) is 5. The van der Waals surface area contributed by atoms with Gasteiger partial charge in [-0.05, 0) is 18.2 Å². The van der Waals surface area contributed by atoms with Crippen LogP contribution < -0.4 is 0 Å². The SMILES string of the molecule is CCN1CCN(S(=O)(=O)/C=C/c2ccccc2)CC1.O=C(O)C(=O)O. The minimum Gasteiger partial charge on any atom is -0.473 e. The van der Waals surface area contributed by atoms with E-state index in [9.17, 15) is 8.42 Å². The fraction of sp³-hybridized carbons (Fsp3) is 0.375. The number of sulfonamides is 1. The minimum atomic E-state index is -3.29. The molecule has 1 aromatic rings. The first-order chi connectivity index (χ1) is 11.8. The predicted molar refractivity (Wildman–Crippen MR) is 93.4 cm³/mol. The van der Waals surface area contributed by atoms with E-state index in [2.05, 4.69) is 11.8 Å². The van der Waals surface area contributed by atoms with Gasteiger partial charge in [-0.25, -0.2) is 18.0 Å². The molecule has 0 saturated carbocycles. The Kier molecular flexibility index (Phi) is 8.26. The Balaban J connectivity index is 0.000000450. The molecular weight excluding hydrogens is 348 g/mol. The molecule has 8 nitrogen and oxygen atoms in total. The van der Waals surface area contributed by atoms with Crippen LogP contribution in [-0.2, 0) is 19.6 Å². The highest BCUT2D eigenvalue weighted by molar-refractivity contribution is 7.92. The van der Waals surface area contributed by atoms with E-state index >= 15 is 0 Å². The third-order valence-corrected chi connectivity index (χ3v) is 5.12. The molecule has 2 N–H and O–H groups in total. The summed E-state index contributed by atoms with van der Waals surface area (Å²) in [5, 5.41) is 16.1. The minimum absolute atomic E-state index is 0.579. The lowest BCUT2D eigenvalue weighted by atomic mass is 10.2. The van der Waals surface area contributed by atoms with Gasteiger partial charge in [0, 0.05) is 31.6 Å². The number of benzene rings is 1. The van der Waals surface area contributed by atoms with Crippen LogP contribution in [0.15, 0.2) is 35.7 Å². The summed E-state index contributed by atoms with van der Waals surface area (Å²) in [6.45, 7) is 5.86. The summed E-state index contributed by atoms with van der Waals surface area (Å²) < 4.78 is 25.9. The molecule has 1 fully saturated rings. The Labute approximate surface area is 147 Å². The molecule has 1 heterocycles. The second-order valence-electron chi connectivity index (χ2n) is 5.20. The number of rotatable bonds is 4. The number of carboxylic acids is 2. The second kappa shape index (κ2) is 9.92. The summed E-state index contributed by atoms with van der Waals surface area (Å²) >= 11 is 0. The number of carboxylic acid groups (broad SMARTS) is 2. The van der Waals surface area contributed by atoms with Gasteiger partial charge in [0.2, 0.25) is 10.0 Å². The Morgan fingerprint density at radius 2 is 1.56 bits per heavy atom. The number of carbonyl (C=O) groups is 2. The zero-order valence-corrected chi connectivity index (χ0v) is 14.7. The molecule has 0 radical (unpaired) electrons. The summed E-state index contributed by atoms with van der Waals surface area (Å²) in [4.78, 5) is 20.5. The highest BCUT2D eigenvalue weighted by Crippen LogP contribution is 2.11. The van der Waals surface area contributed by atoms with E-state index in [0.29, 0.717) is 13.1 Å². The average Bonchev–Trinajstić information content (AvgIpc) is 2.61. The molecule has 1 aliphatic heterocycles. The maximum atomic E-state index is 12.2. The molecule has 0 aliphatic carbocycles. The molecule has 1 aliphatic rings. The number of piperazine rings is 1. The van der Waals surface area contributed by atoms with Crippen molar-refractivity contribution in [3.8, 4) is 0 Å². The van der Waals surface area contributed by atoms with Gasteiger partial charge in [-0.3, -0.25) is 0 Å². The van der Waals surface area contributed by atoms with Crippen molar-refractivity contribution >= 4 is 28.0 Å². The lowest BCUT2D eigenvalue weighted by molar-refractivity contribution is -0.159. The van der Waals surface area contributed by atoms with Crippen molar-refractivity contribution in [2.45, 2.75) is 6.92 Å². The summed E-state index contributed by atoms with van der Waals surface area (Å²) in [5.74, 6) is -3.65. The first-order valence-electron chi connectivity index (χ1n) is 7.68. The quantitative estimate of drug-likeness (QED) is 0.753. The van der Waals surface area contributed by atoms with Crippen LogP contribution >= 0.6 is 0 Å². The maximum absolute atomic E-state index is 12.2. The molecule has 0 unspecified atom stereocenters. The van der Waals surface area contributed by atoms with Crippen LogP contribution in [0.1, 0.15) is 12.5 Å². The Morgan fingerprint density at radius 1 is 1.04 bits per heavy atom. The second-order valence-corrected chi connectivity index (χ2v) is 7.02. The largest absolute Gasteiger partial charge is 0.473 e. The lowest BCUT2D eigenvalue weighted by Gasteiger charge is -2.32. The zero-order chi connectivity index (χ0) is 18.9. The zero-order valence-electron chi connectivity index (χ0n) is 13.9. The molecule has 2 rings (SSSR count). The van der Waals surface area contributed by atoms with Crippen LogP contribution in [0, 0.1) is 0 Å². The number of nitrogens with zero attached hydrogens (tertiary/aromatic N) is 2. The molecular formula is C16H22N2O6S. The van der Waals surface area contributed by atoms with Gasteiger partial charge in [-0.1, -0.05) is 37.3 Å². The topological polar surface area (TPSA) is 115 Å². The van der Waals surface area contributed by atoms with Crippen molar-refractivity contribution in [3.63, 3.8) is 0 Å². The number of hydrogen-bond donors (Lipinski definition) is 2. The molecule has 25 heavy (non-hydrogen) atoms. The number of aliphatic carboxylic acids is 2. The summed E-state index contributed by atoms with van der Waals surface area (Å²) in [6, 6.07) is 9.48. The van der Waals surface area contributed by atoms with Crippen LogP contribution in [0.4, 0.5) is 0 Å². The first kappa shape index (κ1) is 20.8. The lowest BCUT2D eigenvalue weighted by Crippen LogP contribution is -2.47. The summed E-state index contributed by atoms with van der Waals surface area (Å²) in [6.07, 6.45) is 1.65. The molecule has 1 aromatic carbocycles. The van der Waals surface area contributed by atoms with Gasteiger partial charge in [0.05, 0.1) is 0 Å². The van der Waals surface area contributed by atoms with Crippen molar-refractivity contribution in [1.82, 2.24) is 9.21 Å². The van der Waals surface area contributed by atoms with E-state index in [1.54, 1.807) is 10.4 Å². The van der Waals surface area contributed by atoms with Gasteiger partial charge in [-0.15, -0.1) is 0 Å². The van der Waals surface area contributed by atoms with E-state index < -0.39 is 22.0 Å². The van der Waals surface area contributed by atoms with Crippen molar-refractivity contribution in [2.75, 3.05) is 32.7 Å². The van der Waals surface area contributed by atoms with Crippen LogP contribution in [0.3, 0.4) is 0 Å². The van der Waals surface area contributed by atoms with Crippen molar-refractivity contribution in [1.29, 1.82) is 0 Å². The molecule has 0 spiro atoms. The fourth-order valence-electron chi connectivity index (χ4n) is 2.11. The molecule has 1 saturated heterocycles. The van der Waals surface area contributed by atoms with Crippen molar-refractivity contribution in [2.24, 2.45) is 0 Å². The van der Waals surface area contributed by atoms with Gasteiger partial charge in [0.1, 0.15) is 0 Å². The smallest absolute Gasteiger partial charge is 0.414 e. The van der Waals surface area contributed by atoms with Gasteiger partial charge >= 0.3 is 11.9 Å². The van der Waals surface area contributed by atoms with E-state index in [1.165, 1.54) is 5.41 Å². The van der Waals surface area contributed by atoms with Gasteiger partial charge in [0.15, 0.2) is 0 Å². The van der Waals surface area contributed by atoms with Crippen molar-refractivity contribution < 1.29 is 28.2 Å². The Hall–Kier alpha value is -2.23. The van der Waals surface area contributed by atoms with E-state index in [1.807, 2.05) is 30.3 Å². The van der Waals surface area contributed by atoms with Gasteiger partial charge in [0.25, 0.3) is 0 Å². The van der Waals surface area contributed by atoms with E-state index in [0.717, 1.165) is 25.2 Å². The number of likely N-dealkylation sites (N-methyl/N-ethyl adjacent to an activating group) is 1. The summed E-state index contributed by atoms with van der Waals surface area (Å²) in [7, 11) is -3.29. The Bertz CT molecular complexity index is 683.